The summed E-state index contributed by atoms with van der Waals surface area (Å²) in [5.74, 6) is -2.00. The molecule has 0 saturated carbocycles. The maximum absolute atomic E-state index is 12.0. The topological polar surface area (TPSA) is 75.7 Å². The number of carbonyl (C=O) groups is 3. The van der Waals surface area contributed by atoms with Crippen molar-refractivity contribution in [1.29, 1.82) is 0 Å². The molecule has 1 aliphatic rings. The molecule has 6 heteroatoms. The molecule has 0 bridgehead atoms. The SMILES string of the molecule is COC(=O)C1CCN(C(=O)C(=O)Nc2ccc(C)cc2)C1. The summed E-state index contributed by atoms with van der Waals surface area (Å²) < 4.78 is 4.65. The third kappa shape index (κ3) is 3.59. The minimum Gasteiger partial charge on any atom is -0.469 e. The number of methoxy groups -OCH3 is 1. The molecule has 0 spiro atoms. The molecule has 0 radical (unpaired) electrons. The predicted octanol–water partition coefficient (Wildman–Crippen LogP) is 0.955. The lowest BCUT2D eigenvalue weighted by Gasteiger charge is -2.15. The monoisotopic (exact) mass is 290 g/mol. The zero-order chi connectivity index (χ0) is 15.4. The first-order chi connectivity index (χ1) is 10.0. The molecule has 0 aliphatic carbocycles. The van der Waals surface area contributed by atoms with E-state index in [-0.39, 0.29) is 18.4 Å². The molecule has 1 saturated heterocycles. The second-order valence-electron chi connectivity index (χ2n) is 5.08. The van der Waals surface area contributed by atoms with E-state index in [1.54, 1.807) is 12.1 Å². The fourth-order valence-corrected chi connectivity index (χ4v) is 2.27. The Labute approximate surface area is 123 Å². The van der Waals surface area contributed by atoms with Crippen molar-refractivity contribution in [2.75, 3.05) is 25.5 Å². The number of anilines is 1. The standard InChI is InChI=1S/C15H18N2O4/c1-10-3-5-12(6-4-10)16-13(18)14(19)17-8-7-11(9-17)15(20)21-2/h3-6,11H,7-9H2,1-2H3,(H,16,18). The van der Waals surface area contributed by atoms with Gasteiger partial charge in [-0.25, -0.2) is 0 Å². The Balaban J connectivity index is 1.93. The number of nitrogens with zero attached hydrogens (tertiary/aromatic N) is 1. The number of esters is 1. The number of nitrogens with one attached hydrogen (secondary N) is 1. The molecule has 1 aromatic carbocycles. The summed E-state index contributed by atoms with van der Waals surface area (Å²) in [7, 11) is 1.32. The van der Waals surface area contributed by atoms with E-state index in [0.717, 1.165) is 5.56 Å². The smallest absolute Gasteiger partial charge is 0.313 e. The minimum absolute atomic E-state index is 0.229. The zero-order valence-electron chi connectivity index (χ0n) is 12.1. The van der Waals surface area contributed by atoms with E-state index in [2.05, 4.69) is 10.1 Å². The first-order valence-corrected chi connectivity index (χ1v) is 6.76. The molecule has 1 heterocycles. The van der Waals surface area contributed by atoms with Gasteiger partial charge < -0.3 is 15.0 Å². The molecule has 2 amide bonds. The van der Waals surface area contributed by atoms with E-state index in [1.165, 1.54) is 12.0 Å². The van der Waals surface area contributed by atoms with Crippen molar-refractivity contribution in [3.05, 3.63) is 29.8 Å². The van der Waals surface area contributed by atoms with Gasteiger partial charge in [-0.3, -0.25) is 14.4 Å². The molecule has 112 valence electrons. The van der Waals surface area contributed by atoms with E-state index >= 15 is 0 Å². The number of hydrogen-bond donors (Lipinski definition) is 1. The van der Waals surface area contributed by atoms with Crippen LogP contribution in [-0.2, 0) is 19.1 Å². The van der Waals surface area contributed by atoms with Gasteiger partial charge in [-0.05, 0) is 25.5 Å². The van der Waals surface area contributed by atoms with Gasteiger partial charge in [0.05, 0.1) is 13.0 Å². The van der Waals surface area contributed by atoms with Crippen molar-refractivity contribution in [3.8, 4) is 0 Å². The Kier molecular flexibility index (Phi) is 4.57. The number of hydrogen-bond acceptors (Lipinski definition) is 4. The third-order valence-corrected chi connectivity index (χ3v) is 3.51. The average molecular weight is 290 g/mol. The van der Waals surface area contributed by atoms with Crippen LogP contribution in [0.15, 0.2) is 24.3 Å². The molecule has 1 aromatic rings. The first kappa shape index (κ1) is 15.0. The van der Waals surface area contributed by atoms with Gasteiger partial charge in [-0.15, -0.1) is 0 Å². The molecule has 2 rings (SSSR count). The third-order valence-electron chi connectivity index (χ3n) is 3.51. The Morgan fingerprint density at radius 2 is 1.90 bits per heavy atom. The van der Waals surface area contributed by atoms with Gasteiger partial charge in [0.15, 0.2) is 0 Å². The van der Waals surface area contributed by atoms with E-state index in [9.17, 15) is 14.4 Å². The first-order valence-electron chi connectivity index (χ1n) is 6.76. The number of amides is 2. The van der Waals surface area contributed by atoms with Crippen LogP contribution in [0.3, 0.4) is 0 Å². The zero-order valence-corrected chi connectivity index (χ0v) is 12.1. The van der Waals surface area contributed by atoms with Crippen LogP contribution in [0.2, 0.25) is 0 Å². The molecular formula is C15H18N2O4. The maximum Gasteiger partial charge on any atom is 0.313 e. The van der Waals surface area contributed by atoms with Crippen LogP contribution < -0.4 is 5.32 Å². The predicted molar refractivity (Wildman–Crippen MR) is 76.5 cm³/mol. The maximum atomic E-state index is 12.0. The quantitative estimate of drug-likeness (QED) is 0.650. The van der Waals surface area contributed by atoms with Crippen molar-refractivity contribution < 1.29 is 19.1 Å². The molecule has 1 atom stereocenters. The molecule has 1 N–H and O–H groups in total. The van der Waals surface area contributed by atoms with Gasteiger partial charge in [0.25, 0.3) is 0 Å². The lowest BCUT2D eigenvalue weighted by atomic mass is 10.1. The van der Waals surface area contributed by atoms with Crippen LogP contribution >= 0.6 is 0 Å². The summed E-state index contributed by atoms with van der Waals surface area (Å²) >= 11 is 0. The fraction of sp³-hybridized carbons (Fsp3) is 0.400. The largest absolute Gasteiger partial charge is 0.469 e. The van der Waals surface area contributed by atoms with Gasteiger partial charge in [0, 0.05) is 18.8 Å². The number of benzene rings is 1. The molecule has 0 aromatic heterocycles. The molecule has 1 aliphatic heterocycles. The van der Waals surface area contributed by atoms with Crippen LogP contribution in [0.4, 0.5) is 5.69 Å². The Morgan fingerprint density at radius 3 is 2.52 bits per heavy atom. The Hall–Kier alpha value is -2.37. The van der Waals surface area contributed by atoms with E-state index in [0.29, 0.717) is 18.7 Å². The van der Waals surface area contributed by atoms with Crippen LogP contribution in [0.1, 0.15) is 12.0 Å². The fourth-order valence-electron chi connectivity index (χ4n) is 2.27. The highest BCUT2D eigenvalue weighted by Gasteiger charge is 2.34. The van der Waals surface area contributed by atoms with E-state index in [1.807, 2.05) is 19.1 Å². The second-order valence-corrected chi connectivity index (χ2v) is 5.08. The van der Waals surface area contributed by atoms with Crippen LogP contribution in [-0.4, -0.2) is 42.9 Å². The number of ether oxygens (including phenoxy) is 1. The van der Waals surface area contributed by atoms with E-state index in [4.69, 9.17) is 0 Å². The van der Waals surface area contributed by atoms with Gasteiger partial charge >= 0.3 is 17.8 Å². The summed E-state index contributed by atoms with van der Waals surface area (Å²) in [4.78, 5) is 36.7. The molecule has 1 fully saturated rings. The minimum atomic E-state index is -0.690. The lowest BCUT2D eigenvalue weighted by molar-refractivity contribution is -0.146. The Bertz CT molecular complexity index is 553. The van der Waals surface area contributed by atoms with Gasteiger partial charge in [-0.1, -0.05) is 17.7 Å². The van der Waals surface area contributed by atoms with Crippen molar-refractivity contribution in [2.45, 2.75) is 13.3 Å². The van der Waals surface area contributed by atoms with Crippen molar-refractivity contribution in [1.82, 2.24) is 4.90 Å². The van der Waals surface area contributed by atoms with Crippen molar-refractivity contribution >= 4 is 23.5 Å². The lowest BCUT2D eigenvalue weighted by Crippen LogP contribution is -2.38. The number of rotatable bonds is 2. The Morgan fingerprint density at radius 1 is 1.24 bits per heavy atom. The van der Waals surface area contributed by atoms with Crippen molar-refractivity contribution in [3.63, 3.8) is 0 Å². The summed E-state index contributed by atoms with van der Waals surface area (Å²) in [5.41, 5.74) is 1.64. The molecule has 6 nitrogen and oxygen atoms in total. The van der Waals surface area contributed by atoms with Gasteiger partial charge in [0.1, 0.15) is 0 Å². The molecular weight excluding hydrogens is 272 g/mol. The highest BCUT2D eigenvalue weighted by Crippen LogP contribution is 2.18. The number of carbonyl (C=O) groups excluding carboxylic acids is 3. The summed E-state index contributed by atoms with van der Waals surface area (Å²) in [6.07, 6.45) is 0.524. The number of likely N-dealkylation sites (tertiary alicyclic amines) is 1. The normalized spacial score (nSPS) is 17.4. The second kappa shape index (κ2) is 6.39. The van der Waals surface area contributed by atoms with Gasteiger partial charge in [-0.2, -0.15) is 0 Å². The molecule has 1 unspecified atom stereocenters. The summed E-state index contributed by atoms with van der Waals surface area (Å²) in [5, 5.41) is 2.56. The summed E-state index contributed by atoms with van der Waals surface area (Å²) in [6, 6.07) is 7.18. The van der Waals surface area contributed by atoms with Crippen LogP contribution in [0, 0.1) is 12.8 Å². The number of aryl methyl sites for hydroxylation is 1. The average Bonchev–Trinajstić information content (AvgIpc) is 2.97. The van der Waals surface area contributed by atoms with Crippen LogP contribution in [0.5, 0.6) is 0 Å². The summed E-state index contributed by atoms with van der Waals surface area (Å²) in [6.45, 7) is 2.56. The van der Waals surface area contributed by atoms with Crippen molar-refractivity contribution in [2.24, 2.45) is 5.92 Å². The highest BCUT2D eigenvalue weighted by molar-refractivity contribution is 6.39. The van der Waals surface area contributed by atoms with Gasteiger partial charge in [0.2, 0.25) is 0 Å². The highest BCUT2D eigenvalue weighted by atomic mass is 16.5. The van der Waals surface area contributed by atoms with E-state index < -0.39 is 11.8 Å². The molecule has 21 heavy (non-hydrogen) atoms. The van der Waals surface area contributed by atoms with Crippen LogP contribution in [0.25, 0.3) is 0 Å².